The summed E-state index contributed by atoms with van der Waals surface area (Å²) in [5.41, 5.74) is 2.13. The highest BCUT2D eigenvalue weighted by Gasteiger charge is 2.17. The Morgan fingerprint density at radius 2 is 1.96 bits per heavy atom. The van der Waals surface area contributed by atoms with Gasteiger partial charge in [-0.15, -0.1) is 0 Å². The second-order valence-corrected chi connectivity index (χ2v) is 5.79. The van der Waals surface area contributed by atoms with E-state index in [1.54, 1.807) is 0 Å². The van der Waals surface area contributed by atoms with Gasteiger partial charge >= 0.3 is 5.88 Å². The molecule has 0 unspecified atom stereocenters. The molecule has 1 amide bonds. The van der Waals surface area contributed by atoms with Crippen LogP contribution in [-0.4, -0.2) is 42.0 Å². The zero-order valence-electron chi connectivity index (χ0n) is 13.6. The third kappa shape index (κ3) is 4.65. The van der Waals surface area contributed by atoms with Crippen molar-refractivity contribution in [3.63, 3.8) is 0 Å². The Labute approximate surface area is 144 Å². The van der Waals surface area contributed by atoms with E-state index in [1.807, 2.05) is 18.2 Å². The summed E-state index contributed by atoms with van der Waals surface area (Å²) in [6.07, 6.45) is 0. The predicted molar refractivity (Wildman–Crippen MR) is 89.1 cm³/mol. The van der Waals surface area contributed by atoms with E-state index >= 15 is 0 Å². The number of hydrogen-bond acceptors (Lipinski definition) is 6. The van der Waals surface area contributed by atoms with Gasteiger partial charge in [0.05, 0.1) is 19.3 Å². The largest absolute Gasteiger partial charge is 0.433 e. The van der Waals surface area contributed by atoms with Gasteiger partial charge in [0.2, 0.25) is 0 Å². The van der Waals surface area contributed by atoms with E-state index in [0.29, 0.717) is 6.54 Å². The van der Waals surface area contributed by atoms with Crippen molar-refractivity contribution in [3.05, 3.63) is 63.4 Å². The topological polar surface area (TPSA) is 97.9 Å². The molecule has 1 N–H and O–H groups in total. The van der Waals surface area contributed by atoms with E-state index in [1.165, 1.54) is 11.6 Å². The van der Waals surface area contributed by atoms with E-state index in [0.717, 1.165) is 44.5 Å². The smallest absolute Gasteiger partial charge is 0.395 e. The second kappa shape index (κ2) is 7.91. The Bertz CT molecular complexity index is 752. The van der Waals surface area contributed by atoms with Crippen LogP contribution in [0.15, 0.2) is 40.8 Å². The van der Waals surface area contributed by atoms with E-state index in [2.05, 4.69) is 16.3 Å². The first-order chi connectivity index (χ1) is 12.1. The minimum atomic E-state index is -0.675. The molecule has 0 atom stereocenters. The van der Waals surface area contributed by atoms with Crippen LogP contribution >= 0.6 is 0 Å². The van der Waals surface area contributed by atoms with Crippen molar-refractivity contribution in [2.75, 3.05) is 26.3 Å². The highest BCUT2D eigenvalue weighted by molar-refractivity contribution is 5.91. The number of carbonyl (C=O) groups excluding carboxylic acids is 1. The summed E-state index contributed by atoms with van der Waals surface area (Å²) in [5.74, 6) is -1.000. The molecule has 132 valence electrons. The van der Waals surface area contributed by atoms with E-state index in [9.17, 15) is 14.9 Å². The van der Waals surface area contributed by atoms with Crippen molar-refractivity contribution in [3.8, 4) is 0 Å². The predicted octanol–water partition coefficient (Wildman–Crippen LogP) is 1.95. The van der Waals surface area contributed by atoms with Gasteiger partial charge in [0, 0.05) is 26.2 Å². The van der Waals surface area contributed by atoms with E-state index < -0.39 is 16.7 Å². The third-order valence-electron chi connectivity index (χ3n) is 3.95. The Morgan fingerprint density at radius 3 is 2.68 bits per heavy atom. The van der Waals surface area contributed by atoms with Gasteiger partial charge in [0.25, 0.3) is 5.91 Å². The molecule has 1 aromatic heterocycles. The molecule has 0 bridgehead atoms. The normalized spacial score (nSPS) is 15.0. The Hall–Kier alpha value is -2.71. The van der Waals surface area contributed by atoms with Gasteiger partial charge in [-0.05, 0) is 17.2 Å². The first kappa shape index (κ1) is 17.1. The van der Waals surface area contributed by atoms with Gasteiger partial charge in [-0.25, -0.2) is 0 Å². The summed E-state index contributed by atoms with van der Waals surface area (Å²) in [6.45, 7) is 4.51. The number of benzene rings is 1. The fraction of sp³-hybridized carbons (Fsp3) is 0.353. The average Bonchev–Trinajstić information content (AvgIpc) is 3.11. The van der Waals surface area contributed by atoms with E-state index in [4.69, 9.17) is 9.15 Å². The van der Waals surface area contributed by atoms with Gasteiger partial charge < -0.3 is 14.5 Å². The molecule has 8 nitrogen and oxygen atoms in total. The number of nitro groups is 1. The van der Waals surface area contributed by atoms with Crippen molar-refractivity contribution in [1.82, 2.24) is 10.2 Å². The first-order valence-corrected chi connectivity index (χ1v) is 8.02. The summed E-state index contributed by atoms with van der Waals surface area (Å²) in [6, 6.07) is 10.4. The zero-order valence-corrected chi connectivity index (χ0v) is 13.6. The molecule has 25 heavy (non-hydrogen) atoms. The summed E-state index contributed by atoms with van der Waals surface area (Å²) >= 11 is 0. The van der Waals surface area contributed by atoms with Crippen LogP contribution in [0.1, 0.15) is 21.7 Å². The van der Waals surface area contributed by atoms with Crippen LogP contribution in [0, 0.1) is 10.1 Å². The van der Waals surface area contributed by atoms with Crippen LogP contribution in [0.2, 0.25) is 0 Å². The lowest BCUT2D eigenvalue weighted by Gasteiger charge is -2.26. The Balaban J connectivity index is 1.56. The quantitative estimate of drug-likeness (QED) is 0.635. The second-order valence-electron chi connectivity index (χ2n) is 5.79. The molecule has 1 aliphatic rings. The molecule has 1 aromatic carbocycles. The minimum absolute atomic E-state index is 0.0730. The van der Waals surface area contributed by atoms with Crippen molar-refractivity contribution in [2.24, 2.45) is 0 Å². The Morgan fingerprint density at radius 1 is 1.20 bits per heavy atom. The number of amides is 1. The summed E-state index contributed by atoms with van der Waals surface area (Å²) < 4.78 is 10.2. The van der Waals surface area contributed by atoms with Crippen LogP contribution in [0.25, 0.3) is 0 Å². The van der Waals surface area contributed by atoms with Crippen molar-refractivity contribution < 1.29 is 18.9 Å². The molecule has 2 heterocycles. The summed E-state index contributed by atoms with van der Waals surface area (Å²) in [7, 11) is 0. The van der Waals surface area contributed by atoms with Crippen LogP contribution < -0.4 is 5.32 Å². The van der Waals surface area contributed by atoms with Crippen LogP contribution in [0.3, 0.4) is 0 Å². The molecular weight excluding hydrogens is 326 g/mol. The molecule has 0 radical (unpaired) electrons. The monoisotopic (exact) mass is 345 g/mol. The van der Waals surface area contributed by atoms with Crippen LogP contribution in [0.4, 0.5) is 5.88 Å². The number of ether oxygens (including phenoxy) is 1. The van der Waals surface area contributed by atoms with Gasteiger partial charge in [0.15, 0.2) is 5.76 Å². The maximum atomic E-state index is 12.0. The molecule has 8 heteroatoms. The fourth-order valence-corrected chi connectivity index (χ4v) is 2.67. The zero-order chi connectivity index (χ0) is 17.6. The molecule has 3 rings (SSSR count). The van der Waals surface area contributed by atoms with Crippen molar-refractivity contribution in [1.29, 1.82) is 0 Å². The molecule has 2 aromatic rings. The maximum absolute atomic E-state index is 12.0. The highest BCUT2D eigenvalue weighted by Crippen LogP contribution is 2.16. The molecule has 0 saturated carbocycles. The van der Waals surface area contributed by atoms with Crippen LogP contribution in [0.5, 0.6) is 0 Å². The average molecular weight is 345 g/mol. The van der Waals surface area contributed by atoms with Gasteiger partial charge in [-0.1, -0.05) is 24.3 Å². The summed E-state index contributed by atoms with van der Waals surface area (Å²) in [4.78, 5) is 24.2. The number of nitrogens with one attached hydrogen (secondary N) is 1. The molecule has 0 spiro atoms. The molecule has 1 fully saturated rings. The molecule has 0 aliphatic carbocycles. The third-order valence-corrected chi connectivity index (χ3v) is 3.95. The van der Waals surface area contributed by atoms with Crippen LogP contribution in [-0.2, 0) is 17.8 Å². The lowest BCUT2D eigenvalue weighted by Crippen LogP contribution is -2.35. The van der Waals surface area contributed by atoms with Gasteiger partial charge in [0.1, 0.15) is 4.92 Å². The lowest BCUT2D eigenvalue weighted by atomic mass is 10.1. The number of hydrogen-bond donors (Lipinski definition) is 1. The molecule has 1 aliphatic heterocycles. The van der Waals surface area contributed by atoms with Gasteiger partial charge in [-0.2, -0.15) is 0 Å². The number of furan rings is 1. The maximum Gasteiger partial charge on any atom is 0.433 e. The standard InChI is InChI=1S/C17H19N3O5/c21-17(15-4-5-16(25-15)20(22)23)18-11-13-2-1-3-14(10-13)12-19-6-8-24-9-7-19/h1-5,10H,6-9,11-12H2,(H,18,21). The number of nitrogens with zero attached hydrogens (tertiary/aromatic N) is 2. The Kier molecular flexibility index (Phi) is 5.42. The van der Waals surface area contributed by atoms with Crippen molar-refractivity contribution >= 4 is 11.8 Å². The summed E-state index contributed by atoms with van der Waals surface area (Å²) in [5, 5.41) is 13.3. The fourth-order valence-electron chi connectivity index (χ4n) is 2.67. The minimum Gasteiger partial charge on any atom is -0.395 e. The van der Waals surface area contributed by atoms with Crippen molar-refractivity contribution in [2.45, 2.75) is 13.1 Å². The molecule has 1 saturated heterocycles. The SMILES string of the molecule is O=C(NCc1cccc(CN2CCOCC2)c1)c1ccc([N+](=O)[O-])o1. The number of carbonyl (C=O) groups is 1. The number of morpholine rings is 1. The molecular formula is C17H19N3O5. The lowest BCUT2D eigenvalue weighted by molar-refractivity contribution is -0.402. The van der Waals surface area contributed by atoms with E-state index in [-0.39, 0.29) is 5.76 Å². The first-order valence-electron chi connectivity index (χ1n) is 8.02. The van der Waals surface area contributed by atoms with Gasteiger partial charge in [-0.3, -0.25) is 19.8 Å². The highest BCUT2D eigenvalue weighted by atomic mass is 16.6. The number of rotatable bonds is 6.